The van der Waals surface area contributed by atoms with Crippen molar-refractivity contribution in [2.45, 2.75) is 43.1 Å². The van der Waals surface area contributed by atoms with E-state index in [4.69, 9.17) is 4.74 Å². The van der Waals surface area contributed by atoms with Gasteiger partial charge in [-0.15, -0.1) is 0 Å². The SMILES string of the molecule is CCOc1ccc(C(=O)C2CC3CCC(C2)S3=O)cc1. The van der Waals surface area contributed by atoms with Gasteiger partial charge in [-0.05, 0) is 56.9 Å². The minimum atomic E-state index is -0.691. The number of ketones is 1. The molecule has 0 aliphatic carbocycles. The quantitative estimate of drug-likeness (QED) is 0.801. The van der Waals surface area contributed by atoms with E-state index in [-0.39, 0.29) is 22.2 Å². The zero-order valence-electron chi connectivity index (χ0n) is 11.7. The third-order valence-electron chi connectivity index (χ3n) is 4.38. The molecule has 0 amide bonds. The van der Waals surface area contributed by atoms with Gasteiger partial charge < -0.3 is 4.74 Å². The van der Waals surface area contributed by atoms with Crippen molar-refractivity contribution in [3.63, 3.8) is 0 Å². The van der Waals surface area contributed by atoms with Crippen LogP contribution in [0.2, 0.25) is 0 Å². The summed E-state index contributed by atoms with van der Waals surface area (Å²) >= 11 is 0. The van der Waals surface area contributed by atoms with Crippen molar-refractivity contribution in [2.24, 2.45) is 5.92 Å². The van der Waals surface area contributed by atoms with Gasteiger partial charge in [-0.25, -0.2) is 0 Å². The van der Waals surface area contributed by atoms with Crippen LogP contribution >= 0.6 is 0 Å². The number of hydrogen-bond acceptors (Lipinski definition) is 3. The Hall–Kier alpha value is -1.16. The van der Waals surface area contributed by atoms with Crippen molar-refractivity contribution < 1.29 is 13.7 Å². The number of ether oxygens (including phenoxy) is 1. The van der Waals surface area contributed by atoms with Crippen LogP contribution < -0.4 is 4.74 Å². The number of hydrogen-bond donors (Lipinski definition) is 0. The molecule has 0 radical (unpaired) electrons. The van der Waals surface area contributed by atoms with E-state index in [1.807, 2.05) is 31.2 Å². The summed E-state index contributed by atoms with van der Waals surface area (Å²) in [4.78, 5) is 12.6. The second-order valence-electron chi connectivity index (χ2n) is 5.64. The minimum Gasteiger partial charge on any atom is -0.494 e. The molecule has 4 heteroatoms. The second kappa shape index (κ2) is 5.68. The number of rotatable bonds is 4. The zero-order chi connectivity index (χ0) is 14.1. The summed E-state index contributed by atoms with van der Waals surface area (Å²) in [6.07, 6.45) is 3.67. The van der Waals surface area contributed by atoms with Crippen LogP contribution in [0.3, 0.4) is 0 Å². The molecule has 2 aliphatic rings. The van der Waals surface area contributed by atoms with Gasteiger partial charge in [-0.3, -0.25) is 9.00 Å². The van der Waals surface area contributed by atoms with Crippen LogP contribution in [0, 0.1) is 5.92 Å². The molecule has 2 fully saturated rings. The van der Waals surface area contributed by atoms with Gasteiger partial charge in [-0.1, -0.05) is 0 Å². The first-order valence-corrected chi connectivity index (χ1v) is 8.63. The Balaban J connectivity index is 1.71. The highest BCUT2D eigenvalue weighted by Crippen LogP contribution is 2.39. The van der Waals surface area contributed by atoms with E-state index in [1.165, 1.54) is 0 Å². The molecule has 2 aliphatic heterocycles. The van der Waals surface area contributed by atoms with Gasteiger partial charge in [0.05, 0.1) is 6.61 Å². The molecule has 108 valence electrons. The average molecular weight is 292 g/mol. The molecule has 0 spiro atoms. The van der Waals surface area contributed by atoms with Crippen LogP contribution in [0.5, 0.6) is 5.75 Å². The Kier molecular flexibility index (Phi) is 3.92. The van der Waals surface area contributed by atoms with Gasteiger partial charge in [0.2, 0.25) is 0 Å². The van der Waals surface area contributed by atoms with Crippen molar-refractivity contribution in [3.8, 4) is 5.75 Å². The number of carbonyl (C=O) groups is 1. The number of Topliss-reactive ketones (excluding diaryl/α,β-unsaturated/α-hetero) is 1. The van der Waals surface area contributed by atoms with E-state index in [2.05, 4.69) is 0 Å². The molecule has 3 rings (SSSR count). The second-order valence-corrected chi connectivity index (χ2v) is 7.63. The summed E-state index contributed by atoms with van der Waals surface area (Å²) in [5.41, 5.74) is 0.755. The highest BCUT2D eigenvalue weighted by atomic mass is 32.2. The lowest BCUT2D eigenvalue weighted by Crippen LogP contribution is -2.32. The molecule has 2 unspecified atom stereocenters. The summed E-state index contributed by atoms with van der Waals surface area (Å²) < 4.78 is 17.4. The summed E-state index contributed by atoms with van der Waals surface area (Å²) in [5, 5.41) is 0.510. The van der Waals surface area contributed by atoms with E-state index in [0.29, 0.717) is 6.61 Å². The van der Waals surface area contributed by atoms with Crippen molar-refractivity contribution in [2.75, 3.05) is 6.61 Å². The first-order chi connectivity index (χ1) is 9.69. The molecule has 1 aromatic carbocycles. The fourth-order valence-corrected chi connectivity index (χ4v) is 5.49. The van der Waals surface area contributed by atoms with Crippen LogP contribution in [-0.2, 0) is 10.8 Å². The normalized spacial score (nSPS) is 32.0. The number of carbonyl (C=O) groups excluding carboxylic acids is 1. The molecule has 20 heavy (non-hydrogen) atoms. The van der Waals surface area contributed by atoms with Crippen molar-refractivity contribution >= 4 is 16.6 Å². The minimum absolute atomic E-state index is 0.0585. The van der Waals surface area contributed by atoms with E-state index in [9.17, 15) is 9.00 Å². The molecule has 0 aromatic heterocycles. The Morgan fingerprint density at radius 2 is 1.80 bits per heavy atom. The third kappa shape index (κ3) is 2.53. The molecule has 2 atom stereocenters. The highest BCUT2D eigenvalue weighted by molar-refractivity contribution is 7.86. The molecule has 0 saturated carbocycles. The van der Waals surface area contributed by atoms with Gasteiger partial charge in [0.15, 0.2) is 5.78 Å². The van der Waals surface area contributed by atoms with Gasteiger partial charge >= 0.3 is 0 Å². The largest absolute Gasteiger partial charge is 0.494 e. The smallest absolute Gasteiger partial charge is 0.166 e. The lowest BCUT2D eigenvalue weighted by molar-refractivity contribution is 0.0906. The fourth-order valence-electron chi connectivity index (χ4n) is 3.36. The van der Waals surface area contributed by atoms with Crippen LogP contribution in [0.4, 0.5) is 0 Å². The highest BCUT2D eigenvalue weighted by Gasteiger charge is 2.42. The number of fused-ring (bicyclic) bond motifs is 2. The van der Waals surface area contributed by atoms with Gasteiger partial charge in [0, 0.05) is 32.8 Å². The van der Waals surface area contributed by atoms with E-state index >= 15 is 0 Å². The Bertz CT molecular complexity index is 507. The van der Waals surface area contributed by atoms with Crippen molar-refractivity contribution in [1.82, 2.24) is 0 Å². The monoisotopic (exact) mass is 292 g/mol. The third-order valence-corrected chi connectivity index (χ3v) is 6.55. The first-order valence-electron chi connectivity index (χ1n) is 7.35. The lowest BCUT2D eigenvalue weighted by Gasteiger charge is -2.26. The predicted octanol–water partition coefficient (Wildman–Crippen LogP) is 2.96. The summed E-state index contributed by atoms with van der Waals surface area (Å²) in [6.45, 7) is 2.57. The van der Waals surface area contributed by atoms with Crippen LogP contribution in [0.1, 0.15) is 43.0 Å². The average Bonchev–Trinajstić information content (AvgIpc) is 2.68. The van der Waals surface area contributed by atoms with E-state index < -0.39 is 10.8 Å². The van der Waals surface area contributed by atoms with Gasteiger partial charge in [0.25, 0.3) is 0 Å². The summed E-state index contributed by atoms with van der Waals surface area (Å²) in [7, 11) is -0.691. The summed E-state index contributed by atoms with van der Waals surface area (Å²) in [5.74, 6) is 1.07. The molecule has 0 N–H and O–H groups in total. The Morgan fingerprint density at radius 1 is 1.20 bits per heavy atom. The van der Waals surface area contributed by atoms with E-state index in [0.717, 1.165) is 37.0 Å². The Labute approximate surface area is 122 Å². The molecular formula is C16H20O3S. The topological polar surface area (TPSA) is 43.4 Å². The van der Waals surface area contributed by atoms with Crippen molar-refractivity contribution in [1.29, 1.82) is 0 Å². The molecule has 2 saturated heterocycles. The fraction of sp³-hybridized carbons (Fsp3) is 0.562. The summed E-state index contributed by atoms with van der Waals surface area (Å²) in [6, 6.07) is 7.40. The molecule has 1 aromatic rings. The maximum absolute atomic E-state index is 12.6. The van der Waals surface area contributed by atoms with Crippen LogP contribution in [0.25, 0.3) is 0 Å². The molecule has 2 bridgehead atoms. The van der Waals surface area contributed by atoms with Gasteiger partial charge in [0.1, 0.15) is 5.75 Å². The lowest BCUT2D eigenvalue weighted by atomic mass is 9.90. The maximum Gasteiger partial charge on any atom is 0.166 e. The standard InChI is InChI=1S/C16H20O3S/c1-2-19-13-5-3-11(4-6-13)16(17)12-9-14-7-8-15(10-12)20(14)18/h3-6,12,14-15H,2,7-10H2,1H3. The molecule has 3 nitrogen and oxygen atoms in total. The zero-order valence-corrected chi connectivity index (χ0v) is 12.5. The predicted molar refractivity (Wildman–Crippen MR) is 79.6 cm³/mol. The van der Waals surface area contributed by atoms with E-state index in [1.54, 1.807) is 0 Å². The molecule has 2 heterocycles. The number of benzene rings is 1. The molecular weight excluding hydrogens is 272 g/mol. The maximum atomic E-state index is 12.6. The van der Waals surface area contributed by atoms with Crippen molar-refractivity contribution in [3.05, 3.63) is 29.8 Å². The van der Waals surface area contributed by atoms with Crippen LogP contribution in [-0.4, -0.2) is 27.1 Å². The first kappa shape index (κ1) is 13.8. The van der Waals surface area contributed by atoms with Gasteiger partial charge in [-0.2, -0.15) is 0 Å². The Morgan fingerprint density at radius 3 is 2.35 bits per heavy atom. The van der Waals surface area contributed by atoms with Crippen LogP contribution in [0.15, 0.2) is 24.3 Å².